The summed E-state index contributed by atoms with van der Waals surface area (Å²) in [6.07, 6.45) is 6.37. The van der Waals surface area contributed by atoms with Crippen LogP contribution in [0.3, 0.4) is 0 Å². The van der Waals surface area contributed by atoms with Crippen molar-refractivity contribution in [2.45, 2.75) is 75.7 Å². The summed E-state index contributed by atoms with van der Waals surface area (Å²) in [6.45, 7) is 7.37. The van der Waals surface area contributed by atoms with E-state index in [2.05, 4.69) is 54.7 Å². The van der Waals surface area contributed by atoms with Crippen LogP contribution < -0.4 is 10.6 Å². The lowest BCUT2D eigenvalue weighted by molar-refractivity contribution is -0.0880. The number of piperazine rings is 1. The molecule has 10 nitrogen and oxygen atoms in total. The predicted octanol–water partition coefficient (Wildman–Crippen LogP) is 3.68. The Labute approximate surface area is 227 Å². The first kappa shape index (κ1) is 24.3. The van der Waals surface area contributed by atoms with E-state index in [-0.39, 0.29) is 5.54 Å². The minimum absolute atomic E-state index is 0.167. The molecule has 4 aliphatic rings. The van der Waals surface area contributed by atoms with Crippen LogP contribution >= 0.6 is 11.3 Å². The molecular formula is C27H36N10S. The number of anilines is 3. The molecule has 4 atom stereocenters. The maximum Gasteiger partial charge on any atom is 0.226 e. The number of likely N-dealkylation sites (N-methyl/N-ethyl adjacent to an activating group) is 1. The van der Waals surface area contributed by atoms with E-state index in [0.717, 1.165) is 79.5 Å². The number of aromatic amines is 1. The molecule has 0 bridgehead atoms. The van der Waals surface area contributed by atoms with Crippen LogP contribution in [0.25, 0.3) is 10.2 Å². The molecule has 4 saturated heterocycles. The second kappa shape index (κ2) is 9.45. The molecule has 3 aromatic rings. The third kappa shape index (κ3) is 4.33. The molecule has 3 N–H and O–H groups in total. The minimum atomic E-state index is 0.167. The van der Waals surface area contributed by atoms with E-state index in [9.17, 15) is 5.26 Å². The van der Waals surface area contributed by atoms with Crippen molar-refractivity contribution in [3.05, 3.63) is 22.7 Å². The Morgan fingerprint density at radius 1 is 1.18 bits per heavy atom. The average Bonchev–Trinajstić information content (AvgIpc) is 3.56. The summed E-state index contributed by atoms with van der Waals surface area (Å²) in [5.41, 5.74) is 1.17. The van der Waals surface area contributed by atoms with Gasteiger partial charge in [0.15, 0.2) is 5.82 Å². The van der Waals surface area contributed by atoms with Crippen molar-refractivity contribution in [1.29, 1.82) is 5.26 Å². The van der Waals surface area contributed by atoms with Crippen LogP contribution in [-0.4, -0.2) is 91.8 Å². The first-order valence-corrected chi connectivity index (χ1v) is 14.7. The van der Waals surface area contributed by atoms with E-state index in [1.54, 1.807) is 11.3 Å². The van der Waals surface area contributed by atoms with Crippen molar-refractivity contribution in [3.63, 3.8) is 0 Å². The molecule has 7 rings (SSSR count). The Morgan fingerprint density at radius 3 is 2.82 bits per heavy atom. The highest BCUT2D eigenvalue weighted by Gasteiger charge is 2.60. The number of aryl methyl sites for hydroxylation is 1. The van der Waals surface area contributed by atoms with Gasteiger partial charge in [0.05, 0.1) is 17.9 Å². The van der Waals surface area contributed by atoms with Gasteiger partial charge in [0.2, 0.25) is 5.95 Å². The molecule has 3 aromatic heterocycles. The van der Waals surface area contributed by atoms with Crippen molar-refractivity contribution in [3.8, 4) is 6.07 Å². The Hall–Kier alpha value is -2.78. The molecule has 1 unspecified atom stereocenters. The van der Waals surface area contributed by atoms with Crippen molar-refractivity contribution in [2.24, 2.45) is 0 Å². The van der Waals surface area contributed by atoms with Crippen LogP contribution in [0.2, 0.25) is 0 Å². The Bertz CT molecular complexity index is 1370. The zero-order valence-corrected chi connectivity index (χ0v) is 23.0. The lowest BCUT2D eigenvalue weighted by Gasteiger charge is -2.59. The summed E-state index contributed by atoms with van der Waals surface area (Å²) >= 11 is 1.77. The van der Waals surface area contributed by atoms with E-state index in [4.69, 9.17) is 9.97 Å². The van der Waals surface area contributed by atoms with Crippen molar-refractivity contribution >= 4 is 39.1 Å². The zero-order chi connectivity index (χ0) is 25.9. The summed E-state index contributed by atoms with van der Waals surface area (Å²) < 4.78 is 0. The fourth-order valence-electron chi connectivity index (χ4n) is 7.33. The Morgan fingerprint density at radius 2 is 2.03 bits per heavy atom. The van der Waals surface area contributed by atoms with Gasteiger partial charge in [-0.3, -0.25) is 14.9 Å². The predicted molar refractivity (Wildman–Crippen MR) is 150 cm³/mol. The van der Waals surface area contributed by atoms with Gasteiger partial charge in [0, 0.05) is 73.0 Å². The molecule has 38 heavy (non-hydrogen) atoms. The van der Waals surface area contributed by atoms with Gasteiger partial charge in [-0.2, -0.15) is 15.3 Å². The normalized spacial score (nSPS) is 29.7. The lowest BCUT2D eigenvalue weighted by Crippen LogP contribution is -2.68. The molecular weight excluding hydrogens is 496 g/mol. The van der Waals surface area contributed by atoms with Crippen LogP contribution in [0.15, 0.2) is 12.1 Å². The van der Waals surface area contributed by atoms with E-state index in [1.807, 2.05) is 13.0 Å². The fraction of sp³-hybridized carbons (Fsp3) is 0.630. The number of nitriles is 1. The maximum atomic E-state index is 9.36. The number of piperidine rings is 1. The van der Waals surface area contributed by atoms with Crippen LogP contribution in [-0.2, 0) is 6.54 Å². The van der Waals surface area contributed by atoms with E-state index < -0.39 is 0 Å². The first-order chi connectivity index (χ1) is 18.5. The summed E-state index contributed by atoms with van der Waals surface area (Å²) in [4.78, 5) is 19.9. The SMILES string of the molecule is Cc1cc(Nc2nc(N[C@H]3C[C@@H]4CCC5(CC#N)C[C@H](C3)N45)nc3sc(CN4CCN(C)CC4)cc23)n[nH]1. The Balaban J connectivity index is 1.13. The smallest absolute Gasteiger partial charge is 0.226 e. The van der Waals surface area contributed by atoms with Gasteiger partial charge in [0.1, 0.15) is 10.6 Å². The number of hydrogen-bond donors (Lipinski definition) is 3. The van der Waals surface area contributed by atoms with Crippen LogP contribution in [0, 0.1) is 18.3 Å². The molecule has 0 saturated carbocycles. The number of thiophene rings is 1. The molecule has 4 aliphatic heterocycles. The minimum Gasteiger partial charge on any atom is -0.351 e. The molecule has 200 valence electrons. The van der Waals surface area contributed by atoms with E-state index in [1.165, 1.54) is 17.7 Å². The molecule has 0 radical (unpaired) electrons. The number of fused-ring (bicyclic) bond motifs is 1. The van der Waals surface area contributed by atoms with Gasteiger partial charge >= 0.3 is 0 Å². The number of rotatable bonds is 7. The molecule has 4 fully saturated rings. The second-order valence-electron chi connectivity index (χ2n) is 11.8. The summed E-state index contributed by atoms with van der Waals surface area (Å²) in [7, 11) is 2.19. The first-order valence-electron chi connectivity index (χ1n) is 13.9. The van der Waals surface area contributed by atoms with Crippen LogP contribution in [0.1, 0.15) is 49.1 Å². The number of H-pyrrole nitrogens is 1. The zero-order valence-electron chi connectivity index (χ0n) is 22.2. The molecule has 0 amide bonds. The van der Waals surface area contributed by atoms with E-state index in [0.29, 0.717) is 30.5 Å². The van der Waals surface area contributed by atoms with Gasteiger partial charge in [-0.25, -0.2) is 4.98 Å². The number of hydrogen-bond acceptors (Lipinski definition) is 10. The summed E-state index contributed by atoms with van der Waals surface area (Å²) in [5, 5.41) is 25.0. The maximum absolute atomic E-state index is 9.36. The number of nitrogens with one attached hydrogen (secondary N) is 3. The summed E-state index contributed by atoms with van der Waals surface area (Å²) in [6, 6.07) is 8.20. The lowest BCUT2D eigenvalue weighted by atomic mass is 9.72. The van der Waals surface area contributed by atoms with Gasteiger partial charge in [-0.1, -0.05) is 0 Å². The van der Waals surface area contributed by atoms with E-state index >= 15 is 0 Å². The van der Waals surface area contributed by atoms with Crippen molar-refractivity contribution in [2.75, 3.05) is 43.9 Å². The highest BCUT2D eigenvalue weighted by molar-refractivity contribution is 7.18. The van der Waals surface area contributed by atoms with Gasteiger partial charge in [-0.05, 0) is 52.1 Å². The van der Waals surface area contributed by atoms with Crippen molar-refractivity contribution < 1.29 is 0 Å². The largest absolute Gasteiger partial charge is 0.351 e. The average molecular weight is 533 g/mol. The summed E-state index contributed by atoms with van der Waals surface area (Å²) in [5.74, 6) is 2.27. The van der Waals surface area contributed by atoms with Crippen molar-refractivity contribution in [1.82, 2.24) is 34.9 Å². The molecule has 11 heteroatoms. The molecule has 0 aromatic carbocycles. The second-order valence-corrected chi connectivity index (χ2v) is 12.9. The molecule has 0 spiro atoms. The highest BCUT2D eigenvalue weighted by atomic mass is 32.1. The van der Waals surface area contributed by atoms with Gasteiger partial charge in [-0.15, -0.1) is 11.3 Å². The monoisotopic (exact) mass is 532 g/mol. The van der Waals surface area contributed by atoms with Crippen LogP contribution in [0.4, 0.5) is 17.6 Å². The van der Waals surface area contributed by atoms with Crippen LogP contribution in [0.5, 0.6) is 0 Å². The quantitative estimate of drug-likeness (QED) is 0.419. The molecule has 7 heterocycles. The third-order valence-electron chi connectivity index (χ3n) is 9.12. The highest BCUT2D eigenvalue weighted by Crippen LogP contribution is 2.55. The fourth-order valence-corrected chi connectivity index (χ4v) is 8.40. The molecule has 0 aliphatic carbocycles. The Kier molecular flexibility index (Phi) is 6.04. The standard InChI is InChI=1S/C27H36N10S/c1-17-11-23(34-33-17)30-24-22-14-21(16-36-9-7-35(2)8-10-36)38-25(22)32-26(31-24)29-18-12-19-3-4-27(5-6-28)15-20(13-18)37(19)27/h11,14,18-20H,3-5,7-10,12-13,15-16H2,1-2H3,(H3,29,30,31,32,33,34)/t18-,19-,20-,27?/m0/s1. The van der Waals surface area contributed by atoms with Gasteiger partial charge in [0.25, 0.3) is 0 Å². The number of nitrogens with zero attached hydrogens (tertiary/aromatic N) is 7. The van der Waals surface area contributed by atoms with Gasteiger partial charge < -0.3 is 15.5 Å². The topological polar surface area (TPSA) is 112 Å². The number of aromatic nitrogens is 4. The third-order valence-corrected chi connectivity index (χ3v) is 10.1.